The Bertz CT molecular complexity index is 685. The van der Waals surface area contributed by atoms with Crippen molar-refractivity contribution in [3.05, 3.63) is 52.8 Å². The zero-order valence-corrected chi connectivity index (χ0v) is 16.2. The van der Waals surface area contributed by atoms with Crippen LogP contribution in [0.1, 0.15) is 42.3 Å². The van der Waals surface area contributed by atoms with Gasteiger partial charge in [-0.1, -0.05) is 24.3 Å². The van der Waals surface area contributed by atoms with Crippen molar-refractivity contribution in [2.45, 2.75) is 59.3 Å². The van der Waals surface area contributed by atoms with E-state index < -0.39 is 0 Å². The molecule has 0 N–H and O–H groups in total. The van der Waals surface area contributed by atoms with E-state index in [2.05, 4.69) is 77.7 Å². The van der Waals surface area contributed by atoms with Crippen molar-refractivity contribution in [3.8, 4) is 0 Å². The second-order valence-electron chi connectivity index (χ2n) is 7.63. The van der Waals surface area contributed by atoms with Gasteiger partial charge >= 0.3 is 0 Å². The van der Waals surface area contributed by atoms with Crippen LogP contribution in [0.15, 0.2) is 30.3 Å². The van der Waals surface area contributed by atoms with Crippen molar-refractivity contribution in [3.63, 3.8) is 0 Å². The number of aromatic nitrogens is 2. The van der Waals surface area contributed by atoms with E-state index in [0.29, 0.717) is 6.04 Å². The van der Waals surface area contributed by atoms with Gasteiger partial charge in [0, 0.05) is 24.8 Å². The van der Waals surface area contributed by atoms with E-state index in [-0.39, 0.29) is 0 Å². The lowest BCUT2D eigenvalue weighted by Crippen LogP contribution is -2.33. The van der Waals surface area contributed by atoms with Crippen LogP contribution in [0.3, 0.4) is 0 Å². The predicted molar refractivity (Wildman–Crippen MR) is 104 cm³/mol. The molecule has 1 atom stereocenters. The molecular weight excluding hydrogens is 308 g/mol. The van der Waals surface area contributed by atoms with Gasteiger partial charge in [0.2, 0.25) is 0 Å². The largest absolute Gasteiger partial charge is 0.299 e. The Kier molecular flexibility index (Phi) is 5.92. The van der Waals surface area contributed by atoms with Crippen LogP contribution in [0.4, 0.5) is 0 Å². The highest BCUT2D eigenvalue weighted by Gasteiger charge is 2.16. The first-order chi connectivity index (χ1) is 12.0. The molecule has 1 aromatic carbocycles. The summed E-state index contributed by atoms with van der Waals surface area (Å²) in [7, 11) is 2.23. The molecule has 136 valence electrons. The summed E-state index contributed by atoms with van der Waals surface area (Å²) in [5, 5.41) is 4.61. The fourth-order valence-electron chi connectivity index (χ4n) is 3.72. The molecule has 1 aromatic heterocycles. The maximum atomic E-state index is 4.61. The summed E-state index contributed by atoms with van der Waals surface area (Å²) in [4.78, 5) is 5.03. The average Bonchev–Trinajstić information content (AvgIpc) is 3.19. The number of nitrogens with zero attached hydrogens (tertiary/aromatic N) is 4. The number of likely N-dealkylation sites (tertiary alicyclic amines) is 1. The fourth-order valence-corrected chi connectivity index (χ4v) is 3.72. The van der Waals surface area contributed by atoms with Crippen LogP contribution in [0.25, 0.3) is 0 Å². The first-order valence-electron chi connectivity index (χ1n) is 9.53. The summed E-state index contributed by atoms with van der Waals surface area (Å²) in [5.74, 6) is 0. The van der Waals surface area contributed by atoms with E-state index in [1.165, 1.54) is 42.8 Å². The zero-order valence-electron chi connectivity index (χ0n) is 16.2. The molecule has 0 spiro atoms. The minimum Gasteiger partial charge on any atom is -0.299 e. The number of aryl methyl sites for hydroxylation is 2. The Hall–Kier alpha value is -1.65. The van der Waals surface area contributed by atoms with Crippen LogP contribution in [0, 0.1) is 13.8 Å². The summed E-state index contributed by atoms with van der Waals surface area (Å²) < 4.78 is 2.13. The van der Waals surface area contributed by atoms with Crippen molar-refractivity contribution in [1.29, 1.82) is 0 Å². The van der Waals surface area contributed by atoms with Crippen LogP contribution in [-0.4, -0.2) is 45.8 Å². The van der Waals surface area contributed by atoms with Crippen LogP contribution in [-0.2, 0) is 19.6 Å². The molecule has 25 heavy (non-hydrogen) atoms. The molecule has 3 rings (SSSR count). The molecule has 0 radical (unpaired) electrons. The van der Waals surface area contributed by atoms with E-state index in [9.17, 15) is 0 Å². The molecule has 0 amide bonds. The molecule has 1 saturated heterocycles. The molecule has 2 aromatic rings. The molecule has 1 aliphatic heterocycles. The van der Waals surface area contributed by atoms with Crippen LogP contribution < -0.4 is 0 Å². The highest BCUT2D eigenvalue weighted by molar-refractivity contribution is 5.27. The van der Waals surface area contributed by atoms with Crippen molar-refractivity contribution < 1.29 is 0 Å². The minimum atomic E-state index is 0.442. The molecular formula is C21H32N4. The summed E-state index contributed by atoms with van der Waals surface area (Å²) >= 11 is 0. The van der Waals surface area contributed by atoms with Gasteiger partial charge in [-0.15, -0.1) is 0 Å². The molecule has 2 heterocycles. The van der Waals surface area contributed by atoms with Gasteiger partial charge in [-0.05, 0) is 70.9 Å². The van der Waals surface area contributed by atoms with Crippen LogP contribution >= 0.6 is 0 Å². The minimum absolute atomic E-state index is 0.442. The summed E-state index contributed by atoms with van der Waals surface area (Å²) in [6, 6.07) is 11.5. The first kappa shape index (κ1) is 18.2. The molecule has 1 fully saturated rings. The van der Waals surface area contributed by atoms with Crippen molar-refractivity contribution >= 4 is 0 Å². The fraction of sp³-hybridized carbons (Fsp3) is 0.571. The second kappa shape index (κ2) is 8.15. The average molecular weight is 341 g/mol. The number of likely N-dealkylation sites (N-methyl/N-ethyl adjacent to an activating group) is 1. The summed E-state index contributed by atoms with van der Waals surface area (Å²) in [6.07, 6.45) is 2.70. The van der Waals surface area contributed by atoms with E-state index in [0.717, 1.165) is 25.3 Å². The van der Waals surface area contributed by atoms with Gasteiger partial charge in [-0.25, -0.2) is 0 Å². The number of hydrogen-bond acceptors (Lipinski definition) is 3. The Morgan fingerprint density at radius 3 is 2.44 bits per heavy atom. The SMILES string of the molecule is Cc1cc(C)n(CC(C)N(C)Cc2ccccc2CN2CCCC2)n1. The lowest BCUT2D eigenvalue weighted by atomic mass is 10.1. The summed E-state index contributed by atoms with van der Waals surface area (Å²) in [6.45, 7) is 12.0. The smallest absolute Gasteiger partial charge is 0.0596 e. The van der Waals surface area contributed by atoms with Gasteiger partial charge < -0.3 is 0 Å². The molecule has 0 saturated carbocycles. The third kappa shape index (κ3) is 4.71. The van der Waals surface area contributed by atoms with E-state index in [1.807, 2.05) is 0 Å². The number of hydrogen-bond donors (Lipinski definition) is 0. The van der Waals surface area contributed by atoms with Crippen molar-refractivity contribution in [1.82, 2.24) is 19.6 Å². The highest BCUT2D eigenvalue weighted by atomic mass is 15.3. The van der Waals surface area contributed by atoms with Crippen LogP contribution in [0.5, 0.6) is 0 Å². The zero-order chi connectivity index (χ0) is 17.8. The third-order valence-corrected chi connectivity index (χ3v) is 5.42. The second-order valence-corrected chi connectivity index (χ2v) is 7.63. The van der Waals surface area contributed by atoms with Gasteiger partial charge in [0.25, 0.3) is 0 Å². The monoisotopic (exact) mass is 340 g/mol. The molecule has 0 bridgehead atoms. The number of rotatable bonds is 7. The quantitative estimate of drug-likeness (QED) is 0.769. The molecule has 1 unspecified atom stereocenters. The molecule has 1 aliphatic rings. The van der Waals surface area contributed by atoms with E-state index >= 15 is 0 Å². The lowest BCUT2D eigenvalue weighted by Gasteiger charge is -2.27. The Morgan fingerprint density at radius 1 is 1.12 bits per heavy atom. The van der Waals surface area contributed by atoms with E-state index in [1.54, 1.807) is 0 Å². The van der Waals surface area contributed by atoms with Crippen molar-refractivity contribution in [2.75, 3.05) is 20.1 Å². The Morgan fingerprint density at radius 2 is 1.80 bits per heavy atom. The predicted octanol–water partition coefficient (Wildman–Crippen LogP) is 3.62. The number of benzene rings is 1. The lowest BCUT2D eigenvalue weighted by molar-refractivity contribution is 0.219. The van der Waals surface area contributed by atoms with E-state index in [4.69, 9.17) is 0 Å². The molecule has 4 nitrogen and oxygen atoms in total. The first-order valence-corrected chi connectivity index (χ1v) is 9.53. The molecule has 4 heteroatoms. The van der Waals surface area contributed by atoms with Gasteiger partial charge in [-0.2, -0.15) is 5.10 Å². The van der Waals surface area contributed by atoms with Gasteiger partial charge in [0.15, 0.2) is 0 Å². The third-order valence-electron chi connectivity index (χ3n) is 5.42. The Labute approximate surface area is 152 Å². The van der Waals surface area contributed by atoms with Gasteiger partial charge in [0.1, 0.15) is 0 Å². The van der Waals surface area contributed by atoms with Crippen molar-refractivity contribution in [2.24, 2.45) is 0 Å². The Balaban J connectivity index is 1.63. The van der Waals surface area contributed by atoms with Gasteiger partial charge in [-0.3, -0.25) is 14.5 Å². The molecule has 0 aliphatic carbocycles. The normalized spacial score (nSPS) is 16.7. The summed E-state index contributed by atoms with van der Waals surface area (Å²) in [5.41, 5.74) is 5.28. The van der Waals surface area contributed by atoms with Crippen LogP contribution in [0.2, 0.25) is 0 Å². The topological polar surface area (TPSA) is 24.3 Å². The van der Waals surface area contributed by atoms with Gasteiger partial charge in [0.05, 0.1) is 12.2 Å². The maximum Gasteiger partial charge on any atom is 0.0596 e. The standard InChI is InChI=1S/C21H32N4/c1-17-13-18(2)25(22-17)14-19(3)23(4)15-20-9-5-6-10-21(20)16-24-11-7-8-12-24/h5-6,9-10,13,19H,7-8,11-12,14-16H2,1-4H3. The maximum absolute atomic E-state index is 4.61. The highest BCUT2D eigenvalue weighted by Crippen LogP contribution is 2.18.